The van der Waals surface area contributed by atoms with Crippen LogP contribution in [0.25, 0.3) is 0 Å². The standard InChI is InChI=1S/C20H19NO3S/c1-24-19-15-9-8-14-18(19)20(16-10-4-2-5-11-16)21-25(22,23)17-12-6-3-7-13-17/h2-15,20-21H,1H3. The average molecular weight is 353 g/mol. The number of para-hydroxylation sites is 1. The largest absolute Gasteiger partial charge is 0.496 e. The van der Waals surface area contributed by atoms with Gasteiger partial charge in [0.1, 0.15) is 5.75 Å². The van der Waals surface area contributed by atoms with Gasteiger partial charge in [-0.15, -0.1) is 0 Å². The summed E-state index contributed by atoms with van der Waals surface area (Å²) in [6.07, 6.45) is 0. The number of hydrogen-bond acceptors (Lipinski definition) is 3. The monoisotopic (exact) mass is 353 g/mol. The maximum absolute atomic E-state index is 12.8. The molecule has 0 radical (unpaired) electrons. The normalized spacial score (nSPS) is 12.5. The van der Waals surface area contributed by atoms with Gasteiger partial charge < -0.3 is 4.74 Å². The lowest BCUT2D eigenvalue weighted by Gasteiger charge is -2.22. The molecule has 3 aromatic carbocycles. The van der Waals surface area contributed by atoms with Crippen molar-refractivity contribution in [3.8, 4) is 5.75 Å². The first kappa shape index (κ1) is 17.2. The summed E-state index contributed by atoms with van der Waals surface area (Å²) < 4.78 is 33.9. The Morgan fingerprint density at radius 3 is 2.00 bits per heavy atom. The minimum Gasteiger partial charge on any atom is -0.496 e. The Morgan fingerprint density at radius 1 is 0.800 bits per heavy atom. The summed E-state index contributed by atoms with van der Waals surface area (Å²) in [6.45, 7) is 0. The van der Waals surface area contributed by atoms with E-state index >= 15 is 0 Å². The van der Waals surface area contributed by atoms with E-state index in [-0.39, 0.29) is 4.90 Å². The molecule has 0 aliphatic heterocycles. The Labute approximate surface area is 148 Å². The number of methoxy groups -OCH3 is 1. The molecular weight excluding hydrogens is 334 g/mol. The van der Waals surface area contributed by atoms with Gasteiger partial charge in [0.25, 0.3) is 0 Å². The molecule has 0 bridgehead atoms. The van der Waals surface area contributed by atoms with E-state index in [0.29, 0.717) is 5.75 Å². The summed E-state index contributed by atoms with van der Waals surface area (Å²) in [5.74, 6) is 0.632. The maximum atomic E-state index is 12.8. The Bertz CT molecular complexity index is 925. The van der Waals surface area contributed by atoms with Gasteiger partial charge in [0, 0.05) is 5.56 Å². The molecule has 0 amide bonds. The van der Waals surface area contributed by atoms with Gasteiger partial charge >= 0.3 is 0 Å². The lowest BCUT2D eigenvalue weighted by molar-refractivity contribution is 0.406. The van der Waals surface area contributed by atoms with Crippen LogP contribution in [0.1, 0.15) is 17.2 Å². The van der Waals surface area contributed by atoms with Gasteiger partial charge in [0.05, 0.1) is 18.0 Å². The molecular formula is C20H19NO3S. The maximum Gasteiger partial charge on any atom is 0.241 e. The van der Waals surface area contributed by atoms with Gasteiger partial charge in [-0.2, -0.15) is 4.72 Å². The van der Waals surface area contributed by atoms with Crippen LogP contribution >= 0.6 is 0 Å². The number of ether oxygens (including phenoxy) is 1. The Balaban J connectivity index is 2.07. The molecule has 128 valence electrons. The summed E-state index contributed by atoms with van der Waals surface area (Å²) >= 11 is 0. The van der Waals surface area contributed by atoms with E-state index in [4.69, 9.17) is 4.74 Å². The van der Waals surface area contributed by atoms with E-state index in [1.54, 1.807) is 37.4 Å². The third-order valence-electron chi connectivity index (χ3n) is 3.91. The molecule has 0 fully saturated rings. The molecule has 5 heteroatoms. The molecule has 25 heavy (non-hydrogen) atoms. The Hall–Kier alpha value is -2.63. The zero-order valence-electron chi connectivity index (χ0n) is 13.8. The van der Waals surface area contributed by atoms with Crippen LogP contribution in [0.3, 0.4) is 0 Å². The molecule has 0 saturated heterocycles. The van der Waals surface area contributed by atoms with E-state index in [9.17, 15) is 8.42 Å². The van der Waals surface area contributed by atoms with E-state index < -0.39 is 16.1 Å². The molecule has 4 nitrogen and oxygen atoms in total. The van der Waals surface area contributed by atoms with Crippen LogP contribution in [0.5, 0.6) is 5.75 Å². The number of rotatable bonds is 6. The molecule has 0 aliphatic carbocycles. The fraction of sp³-hybridized carbons (Fsp3) is 0.100. The van der Waals surface area contributed by atoms with E-state index in [1.165, 1.54) is 0 Å². The fourth-order valence-electron chi connectivity index (χ4n) is 2.68. The predicted molar refractivity (Wildman–Crippen MR) is 98.0 cm³/mol. The van der Waals surface area contributed by atoms with Gasteiger partial charge in [0.15, 0.2) is 0 Å². The summed E-state index contributed by atoms with van der Waals surface area (Å²) in [4.78, 5) is 0.228. The number of nitrogens with one attached hydrogen (secondary N) is 1. The van der Waals surface area contributed by atoms with Gasteiger partial charge in [-0.25, -0.2) is 8.42 Å². The highest BCUT2D eigenvalue weighted by Gasteiger charge is 2.24. The second kappa shape index (κ2) is 7.51. The number of sulfonamides is 1. The first-order valence-corrected chi connectivity index (χ1v) is 9.35. The van der Waals surface area contributed by atoms with Gasteiger partial charge in [-0.1, -0.05) is 66.7 Å². The highest BCUT2D eigenvalue weighted by molar-refractivity contribution is 7.89. The van der Waals surface area contributed by atoms with Crippen LogP contribution in [0.15, 0.2) is 89.8 Å². The second-order valence-electron chi connectivity index (χ2n) is 5.52. The van der Waals surface area contributed by atoms with Crippen molar-refractivity contribution < 1.29 is 13.2 Å². The van der Waals surface area contributed by atoms with Crippen molar-refractivity contribution in [2.24, 2.45) is 0 Å². The number of hydrogen-bond donors (Lipinski definition) is 1. The van der Waals surface area contributed by atoms with E-state index in [0.717, 1.165) is 11.1 Å². The lowest BCUT2D eigenvalue weighted by Crippen LogP contribution is -2.29. The zero-order valence-corrected chi connectivity index (χ0v) is 14.6. The van der Waals surface area contributed by atoms with Crippen molar-refractivity contribution in [1.29, 1.82) is 0 Å². The third-order valence-corrected chi connectivity index (χ3v) is 5.35. The summed E-state index contributed by atoms with van der Waals surface area (Å²) in [5, 5.41) is 0. The fourth-order valence-corrected chi connectivity index (χ4v) is 3.91. The quantitative estimate of drug-likeness (QED) is 0.734. The first-order valence-electron chi connectivity index (χ1n) is 7.87. The topological polar surface area (TPSA) is 55.4 Å². The van der Waals surface area contributed by atoms with Crippen LogP contribution in [-0.4, -0.2) is 15.5 Å². The van der Waals surface area contributed by atoms with Crippen LogP contribution in [0.2, 0.25) is 0 Å². The van der Waals surface area contributed by atoms with Crippen molar-refractivity contribution in [1.82, 2.24) is 4.72 Å². The molecule has 0 spiro atoms. The SMILES string of the molecule is COc1ccccc1C(NS(=O)(=O)c1ccccc1)c1ccccc1. The highest BCUT2D eigenvalue weighted by Crippen LogP contribution is 2.31. The van der Waals surface area contributed by atoms with Crippen LogP contribution in [-0.2, 0) is 10.0 Å². The van der Waals surface area contributed by atoms with Crippen LogP contribution in [0, 0.1) is 0 Å². The van der Waals surface area contributed by atoms with Crippen molar-refractivity contribution in [3.05, 3.63) is 96.1 Å². The molecule has 1 unspecified atom stereocenters. The molecule has 1 N–H and O–H groups in total. The summed E-state index contributed by atoms with van der Waals surface area (Å²) in [7, 11) is -2.11. The number of benzene rings is 3. The highest BCUT2D eigenvalue weighted by atomic mass is 32.2. The third kappa shape index (κ3) is 3.90. The van der Waals surface area contributed by atoms with E-state index in [1.807, 2.05) is 54.6 Å². The van der Waals surface area contributed by atoms with E-state index in [2.05, 4.69) is 4.72 Å². The summed E-state index contributed by atoms with van der Waals surface area (Å²) in [6, 6.07) is 24.7. The van der Waals surface area contributed by atoms with Crippen molar-refractivity contribution in [3.63, 3.8) is 0 Å². The molecule has 0 saturated carbocycles. The lowest BCUT2D eigenvalue weighted by atomic mass is 9.99. The van der Waals surface area contributed by atoms with Crippen LogP contribution < -0.4 is 9.46 Å². The first-order chi connectivity index (χ1) is 12.1. The van der Waals surface area contributed by atoms with Crippen molar-refractivity contribution in [2.75, 3.05) is 7.11 Å². The molecule has 1 atom stereocenters. The van der Waals surface area contributed by atoms with Crippen LogP contribution in [0.4, 0.5) is 0 Å². The minimum absolute atomic E-state index is 0.228. The van der Waals surface area contributed by atoms with Gasteiger partial charge in [-0.05, 0) is 23.8 Å². The zero-order chi connectivity index (χ0) is 17.7. The molecule has 3 aromatic rings. The minimum atomic E-state index is -3.69. The molecule has 0 heterocycles. The summed E-state index contributed by atoms with van der Waals surface area (Å²) in [5.41, 5.74) is 1.60. The van der Waals surface area contributed by atoms with Gasteiger partial charge in [0.2, 0.25) is 10.0 Å². The Morgan fingerprint density at radius 2 is 1.36 bits per heavy atom. The van der Waals surface area contributed by atoms with Crippen molar-refractivity contribution >= 4 is 10.0 Å². The average Bonchev–Trinajstić information content (AvgIpc) is 2.67. The molecule has 0 aromatic heterocycles. The second-order valence-corrected chi connectivity index (χ2v) is 7.23. The molecule has 0 aliphatic rings. The Kier molecular flexibility index (Phi) is 5.16. The predicted octanol–water partition coefficient (Wildman–Crippen LogP) is 3.76. The van der Waals surface area contributed by atoms with Crippen molar-refractivity contribution in [2.45, 2.75) is 10.9 Å². The van der Waals surface area contributed by atoms with Gasteiger partial charge in [-0.3, -0.25) is 0 Å². The smallest absolute Gasteiger partial charge is 0.241 e. The molecule has 3 rings (SSSR count).